The Kier molecular flexibility index (Phi) is 5.23. The van der Waals surface area contributed by atoms with Gasteiger partial charge in [0.05, 0.1) is 28.8 Å². The molecule has 3 heterocycles. The number of para-hydroxylation sites is 1. The summed E-state index contributed by atoms with van der Waals surface area (Å²) in [6.07, 6.45) is 3.20. The molecule has 0 spiro atoms. The maximum absolute atomic E-state index is 12.5. The fraction of sp³-hybridized carbons (Fsp3) is 0.263. The molecule has 1 fully saturated rings. The molecule has 1 aromatic carbocycles. The van der Waals surface area contributed by atoms with E-state index in [0.717, 1.165) is 32.0 Å². The lowest BCUT2D eigenvalue weighted by atomic mass is 10.3. The van der Waals surface area contributed by atoms with Gasteiger partial charge in [0.25, 0.3) is 5.91 Å². The number of hydrogen-bond acceptors (Lipinski definition) is 6. The van der Waals surface area contributed by atoms with Crippen LogP contribution in [0.3, 0.4) is 0 Å². The molecule has 8 nitrogen and oxygen atoms in total. The number of benzene rings is 1. The van der Waals surface area contributed by atoms with Gasteiger partial charge >= 0.3 is 0 Å². The summed E-state index contributed by atoms with van der Waals surface area (Å²) in [5.41, 5.74) is 1.46. The highest BCUT2D eigenvalue weighted by molar-refractivity contribution is 6.32. The number of anilines is 2. The third-order valence-electron chi connectivity index (χ3n) is 4.66. The number of rotatable bonds is 4. The lowest BCUT2D eigenvalue weighted by Gasteiger charge is -2.33. The fourth-order valence-corrected chi connectivity index (χ4v) is 3.22. The molecular formula is C19H20ClN7O. The second kappa shape index (κ2) is 7.95. The molecule has 0 radical (unpaired) electrons. The lowest BCUT2D eigenvalue weighted by Crippen LogP contribution is -2.44. The SMILES string of the molecule is CN1CCN(c2ccc(NC(=O)c3cn(-c4ccccc4Cl)nn3)cn2)CC1. The minimum absolute atomic E-state index is 0.197. The Hall–Kier alpha value is -2.97. The van der Waals surface area contributed by atoms with Crippen molar-refractivity contribution >= 4 is 29.0 Å². The molecular weight excluding hydrogens is 378 g/mol. The summed E-state index contributed by atoms with van der Waals surface area (Å²) in [4.78, 5) is 21.5. The van der Waals surface area contributed by atoms with Gasteiger partial charge in [-0.15, -0.1) is 5.10 Å². The van der Waals surface area contributed by atoms with Gasteiger partial charge in [0, 0.05) is 26.2 Å². The molecule has 2 aromatic heterocycles. The summed E-state index contributed by atoms with van der Waals surface area (Å²) < 4.78 is 1.48. The van der Waals surface area contributed by atoms with E-state index in [1.807, 2.05) is 24.3 Å². The van der Waals surface area contributed by atoms with E-state index in [0.29, 0.717) is 16.4 Å². The molecule has 1 aliphatic rings. The average molecular weight is 398 g/mol. The summed E-state index contributed by atoms with van der Waals surface area (Å²) >= 11 is 6.16. The number of pyridine rings is 1. The Balaban J connectivity index is 1.42. The fourth-order valence-electron chi connectivity index (χ4n) is 3.00. The third kappa shape index (κ3) is 3.97. The number of nitrogens with one attached hydrogen (secondary N) is 1. The van der Waals surface area contributed by atoms with Crippen LogP contribution in [-0.4, -0.2) is 64.0 Å². The van der Waals surface area contributed by atoms with E-state index >= 15 is 0 Å². The number of halogens is 1. The quantitative estimate of drug-likeness (QED) is 0.727. The van der Waals surface area contributed by atoms with Crippen LogP contribution in [0.15, 0.2) is 48.8 Å². The van der Waals surface area contributed by atoms with Gasteiger partial charge in [-0.25, -0.2) is 9.67 Å². The molecule has 1 saturated heterocycles. The predicted molar refractivity (Wildman–Crippen MR) is 108 cm³/mol. The summed E-state index contributed by atoms with van der Waals surface area (Å²) in [5, 5.41) is 11.3. The topological polar surface area (TPSA) is 79.2 Å². The standard InChI is InChI=1S/C19H20ClN7O/c1-25-8-10-26(11-9-25)18-7-6-14(12-21-18)22-19(28)16-13-27(24-23-16)17-5-3-2-4-15(17)20/h2-7,12-13H,8-11H2,1H3,(H,22,28). The van der Waals surface area contributed by atoms with Gasteiger partial charge in [-0.05, 0) is 31.3 Å². The number of likely N-dealkylation sites (N-methyl/N-ethyl adjacent to an activating group) is 1. The van der Waals surface area contributed by atoms with Gasteiger partial charge in [0.2, 0.25) is 0 Å². The highest BCUT2D eigenvalue weighted by Gasteiger charge is 2.16. The van der Waals surface area contributed by atoms with Crippen molar-refractivity contribution in [3.8, 4) is 5.69 Å². The first-order chi connectivity index (χ1) is 13.6. The van der Waals surface area contributed by atoms with Crippen LogP contribution in [0.4, 0.5) is 11.5 Å². The smallest absolute Gasteiger partial charge is 0.277 e. The summed E-state index contributed by atoms with van der Waals surface area (Å²) in [7, 11) is 2.12. The summed E-state index contributed by atoms with van der Waals surface area (Å²) in [5.74, 6) is 0.559. The van der Waals surface area contributed by atoms with Crippen LogP contribution in [0.2, 0.25) is 5.02 Å². The molecule has 28 heavy (non-hydrogen) atoms. The van der Waals surface area contributed by atoms with E-state index < -0.39 is 0 Å². The third-order valence-corrected chi connectivity index (χ3v) is 4.98. The number of nitrogens with zero attached hydrogens (tertiary/aromatic N) is 6. The van der Waals surface area contributed by atoms with Gasteiger partial charge in [-0.2, -0.15) is 0 Å². The minimum atomic E-state index is -0.354. The number of amides is 1. The molecule has 0 atom stereocenters. The molecule has 3 aromatic rings. The highest BCUT2D eigenvalue weighted by Crippen LogP contribution is 2.19. The first kappa shape index (κ1) is 18.4. The van der Waals surface area contributed by atoms with Crippen LogP contribution in [0.5, 0.6) is 0 Å². The first-order valence-corrected chi connectivity index (χ1v) is 9.36. The Morgan fingerprint density at radius 2 is 1.89 bits per heavy atom. The van der Waals surface area contributed by atoms with Gasteiger partial charge in [0.15, 0.2) is 5.69 Å². The van der Waals surface area contributed by atoms with Crippen molar-refractivity contribution in [1.29, 1.82) is 0 Å². The van der Waals surface area contributed by atoms with Crippen LogP contribution in [0, 0.1) is 0 Å². The van der Waals surface area contributed by atoms with Crippen LogP contribution >= 0.6 is 11.6 Å². The molecule has 0 unspecified atom stereocenters. The maximum Gasteiger partial charge on any atom is 0.277 e. The van der Waals surface area contributed by atoms with E-state index in [9.17, 15) is 4.79 Å². The number of carbonyl (C=O) groups excluding carboxylic acids is 1. The van der Waals surface area contributed by atoms with Crippen LogP contribution in [0.1, 0.15) is 10.5 Å². The number of carbonyl (C=O) groups is 1. The van der Waals surface area contributed by atoms with Crippen molar-refractivity contribution in [2.24, 2.45) is 0 Å². The van der Waals surface area contributed by atoms with Crippen molar-refractivity contribution < 1.29 is 4.79 Å². The zero-order valence-electron chi connectivity index (χ0n) is 15.4. The molecule has 9 heteroatoms. The zero-order valence-corrected chi connectivity index (χ0v) is 16.2. The molecule has 144 valence electrons. The van der Waals surface area contributed by atoms with Crippen molar-refractivity contribution in [2.45, 2.75) is 0 Å². The van der Waals surface area contributed by atoms with Crippen molar-refractivity contribution in [3.63, 3.8) is 0 Å². The largest absolute Gasteiger partial charge is 0.354 e. The predicted octanol–water partition coefficient (Wildman–Crippen LogP) is 2.32. The monoisotopic (exact) mass is 397 g/mol. The number of hydrogen-bond donors (Lipinski definition) is 1. The van der Waals surface area contributed by atoms with Crippen molar-refractivity contribution in [3.05, 3.63) is 59.5 Å². The molecule has 1 amide bonds. The van der Waals surface area contributed by atoms with E-state index in [4.69, 9.17) is 11.6 Å². The lowest BCUT2D eigenvalue weighted by molar-refractivity contribution is 0.102. The van der Waals surface area contributed by atoms with Crippen LogP contribution in [-0.2, 0) is 0 Å². The van der Waals surface area contributed by atoms with Gasteiger partial charge in [0.1, 0.15) is 5.82 Å². The molecule has 1 aliphatic heterocycles. The van der Waals surface area contributed by atoms with Crippen LogP contribution < -0.4 is 10.2 Å². The molecule has 0 aliphatic carbocycles. The molecule has 0 bridgehead atoms. The van der Waals surface area contributed by atoms with Gasteiger partial charge in [-0.3, -0.25) is 4.79 Å². The van der Waals surface area contributed by atoms with E-state index in [1.54, 1.807) is 24.5 Å². The summed E-state index contributed by atoms with van der Waals surface area (Å²) in [6, 6.07) is 11.0. The highest BCUT2D eigenvalue weighted by atomic mass is 35.5. The second-order valence-electron chi connectivity index (χ2n) is 6.65. The van der Waals surface area contributed by atoms with E-state index in [1.165, 1.54) is 4.68 Å². The Bertz CT molecular complexity index is 964. The number of piperazine rings is 1. The number of aromatic nitrogens is 4. The maximum atomic E-state index is 12.5. The average Bonchev–Trinajstić information content (AvgIpc) is 3.20. The first-order valence-electron chi connectivity index (χ1n) is 8.98. The normalized spacial score (nSPS) is 14.9. The molecule has 4 rings (SSSR count). The Morgan fingerprint density at radius 1 is 1.11 bits per heavy atom. The zero-order chi connectivity index (χ0) is 19.5. The van der Waals surface area contributed by atoms with E-state index in [2.05, 4.69) is 37.5 Å². The van der Waals surface area contributed by atoms with Crippen LogP contribution in [0.25, 0.3) is 5.69 Å². The second-order valence-corrected chi connectivity index (χ2v) is 7.06. The summed E-state index contributed by atoms with van der Waals surface area (Å²) in [6.45, 7) is 3.92. The Morgan fingerprint density at radius 3 is 2.61 bits per heavy atom. The Labute approximate surface area is 167 Å². The molecule has 1 N–H and O–H groups in total. The molecule has 0 saturated carbocycles. The van der Waals surface area contributed by atoms with E-state index in [-0.39, 0.29) is 11.6 Å². The minimum Gasteiger partial charge on any atom is -0.354 e. The van der Waals surface area contributed by atoms with Crippen molar-refractivity contribution in [2.75, 3.05) is 43.4 Å². The van der Waals surface area contributed by atoms with Gasteiger partial charge in [-0.1, -0.05) is 28.9 Å². The van der Waals surface area contributed by atoms with Gasteiger partial charge < -0.3 is 15.1 Å². The van der Waals surface area contributed by atoms with Crippen molar-refractivity contribution in [1.82, 2.24) is 24.9 Å².